The fourth-order valence-electron chi connectivity index (χ4n) is 3.85. The van der Waals surface area contributed by atoms with Crippen LogP contribution in [0.3, 0.4) is 0 Å². The van der Waals surface area contributed by atoms with Gasteiger partial charge in [0.05, 0.1) is 5.71 Å². The lowest BCUT2D eigenvalue weighted by Gasteiger charge is -2.29. The third-order valence-corrected chi connectivity index (χ3v) is 5.97. The minimum absolute atomic E-state index is 0.177. The molecule has 1 amide bonds. The third-order valence-electron chi connectivity index (χ3n) is 5.64. The van der Waals surface area contributed by atoms with E-state index in [4.69, 9.17) is 16.4 Å². The number of halogens is 1. The van der Waals surface area contributed by atoms with Gasteiger partial charge >= 0.3 is 0 Å². The van der Waals surface area contributed by atoms with E-state index in [1.807, 2.05) is 24.3 Å². The number of nitrogens with zero attached hydrogens (tertiary/aromatic N) is 2. The summed E-state index contributed by atoms with van der Waals surface area (Å²) in [6.45, 7) is 4.47. The number of piperidine rings is 1. The van der Waals surface area contributed by atoms with Crippen LogP contribution in [0.1, 0.15) is 43.7 Å². The van der Waals surface area contributed by atoms with Crippen molar-refractivity contribution in [1.29, 1.82) is 0 Å². The molecule has 0 radical (unpaired) electrons. The van der Waals surface area contributed by atoms with E-state index in [0.29, 0.717) is 23.7 Å². The number of anilines is 1. The van der Waals surface area contributed by atoms with Gasteiger partial charge in [-0.15, -0.1) is 0 Å². The SMILES string of the molecule is C[C@]1(C(=O)NCc2ccc(N3CCCCC3)cc2)CC(c2ccccc2Cl)=NO1. The van der Waals surface area contributed by atoms with Crippen LogP contribution < -0.4 is 10.2 Å². The van der Waals surface area contributed by atoms with Gasteiger partial charge in [0, 0.05) is 42.3 Å². The second kappa shape index (κ2) is 8.46. The van der Waals surface area contributed by atoms with E-state index in [1.165, 1.54) is 24.9 Å². The zero-order valence-electron chi connectivity index (χ0n) is 16.7. The number of hydrogen-bond donors (Lipinski definition) is 1. The quantitative estimate of drug-likeness (QED) is 0.786. The van der Waals surface area contributed by atoms with E-state index >= 15 is 0 Å². The first-order valence-corrected chi connectivity index (χ1v) is 10.6. The van der Waals surface area contributed by atoms with Gasteiger partial charge in [0.15, 0.2) is 0 Å². The molecular formula is C23H26ClN3O2. The van der Waals surface area contributed by atoms with E-state index in [1.54, 1.807) is 6.92 Å². The Morgan fingerprint density at radius 2 is 1.86 bits per heavy atom. The smallest absolute Gasteiger partial charge is 0.267 e. The number of carbonyl (C=O) groups is 1. The number of carbonyl (C=O) groups excluding carboxylic acids is 1. The zero-order valence-corrected chi connectivity index (χ0v) is 17.4. The molecular weight excluding hydrogens is 386 g/mol. The van der Waals surface area contributed by atoms with Crippen LogP contribution in [0.2, 0.25) is 5.02 Å². The lowest BCUT2D eigenvalue weighted by molar-refractivity contribution is -0.141. The maximum absolute atomic E-state index is 12.8. The Balaban J connectivity index is 1.33. The Hall–Kier alpha value is -2.53. The van der Waals surface area contributed by atoms with E-state index in [9.17, 15) is 4.79 Å². The van der Waals surface area contributed by atoms with Crippen molar-refractivity contribution >= 4 is 28.9 Å². The van der Waals surface area contributed by atoms with Crippen molar-refractivity contribution in [2.75, 3.05) is 18.0 Å². The van der Waals surface area contributed by atoms with Crippen molar-refractivity contribution in [1.82, 2.24) is 5.32 Å². The topological polar surface area (TPSA) is 53.9 Å². The van der Waals surface area contributed by atoms with Crippen LogP contribution in [-0.2, 0) is 16.2 Å². The number of amides is 1. The second-order valence-corrected chi connectivity index (χ2v) is 8.32. The van der Waals surface area contributed by atoms with E-state index in [-0.39, 0.29) is 5.91 Å². The standard InChI is InChI=1S/C23H26ClN3O2/c1-23(15-21(26-29-23)19-7-3-4-8-20(19)24)22(28)25-16-17-9-11-18(12-10-17)27-13-5-2-6-14-27/h3-4,7-12H,2,5-6,13-16H2,1H3,(H,25,28)/t23-/m1/s1. The molecule has 1 saturated heterocycles. The summed E-state index contributed by atoms with van der Waals surface area (Å²) in [5.74, 6) is -0.177. The summed E-state index contributed by atoms with van der Waals surface area (Å²) in [5.41, 5.74) is 2.79. The fourth-order valence-corrected chi connectivity index (χ4v) is 4.09. The predicted molar refractivity (Wildman–Crippen MR) is 116 cm³/mol. The fraction of sp³-hybridized carbons (Fsp3) is 0.391. The normalized spacial score (nSPS) is 21.4. The molecule has 0 unspecified atom stereocenters. The molecule has 1 atom stereocenters. The highest BCUT2D eigenvalue weighted by Crippen LogP contribution is 2.29. The molecule has 0 aromatic heterocycles. The molecule has 5 nitrogen and oxygen atoms in total. The van der Waals surface area contributed by atoms with Gasteiger partial charge in [0.25, 0.3) is 5.91 Å². The van der Waals surface area contributed by atoms with Gasteiger partial charge in [-0.25, -0.2) is 0 Å². The molecule has 2 aliphatic heterocycles. The minimum atomic E-state index is -1.03. The number of hydrogen-bond acceptors (Lipinski definition) is 4. The van der Waals surface area contributed by atoms with Gasteiger partial charge < -0.3 is 15.1 Å². The van der Waals surface area contributed by atoms with Crippen molar-refractivity contribution in [2.45, 2.75) is 44.8 Å². The van der Waals surface area contributed by atoms with Crippen LogP contribution in [0, 0.1) is 0 Å². The number of benzene rings is 2. The molecule has 0 aliphatic carbocycles. The summed E-state index contributed by atoms with van der Waals surface area (Å²) in [7, 11) is 0. The highest BCUT2D eigenvalue weighted by atomic mass is 35.5. The maximum atomic E-state index is 12.8. The average molecular weight is 412 g/mol. The molecule has 0 saturated carbocycles. The summed E-state index contributed by atoms with van der Waals surface area (Å²) >= 11 is 6.25. The Morgan fingerprint density at radius 3 is 2.59 bits per heavy atom. The first kappa shape index (κ1) is 19.8. The van der Waals surface area contributed by atoms with Gasteiger partial charge in [0.2, 0.25) is 5.60 Å². The Kier molecular flexibility index (Phi) is 5.76. The summed E-state index contributed by atoms with van der Waals surface area (Å²) in [5, 5.41) is 7.71. The molecule has 1 N–H and O–H groups in total. The van der Waals surface area contributed by atoms with Crippen molar-refractivity contribution in [2.24, 2.45) is 5.16 Å². The molecule has 152 valence electrons. The molecule has 0 bridgehead atoms. The molecule has 4 rings (SSSR count). The van der Waals surface area contributed by atoms with Gasteiger partial charge in [-0.1, -0.05) is 47.1 Å². The van der Waals surface area contributed by atoms with Crippen LogP contribution >= 0.6 is 11.6 Å². The number of oxime groups is 1. The maximum Gasteiger partial charge on any atom is 0.267 e. The van der Waals surface area contributed by atoms with E-state index < -0.39 is 5.60 Å². The molecule has 2 aromatic carbocycles. The van der Waals surface area contributed by atoms with Crippen molar-refractivity contribution < 1.29 is 9.63 Å². The van der Waals surface area contributed by atoms with Crippen molar-refractivity contribution in [3.8, 4) is 0 Å². The Bertz CT molecular complexity index is 907. The number of nitrogens with one attached hydrogen (secondary N) is 1. The van der Waals surface area contributed by atoms with E-state index in [2.05, 4.69) is 39.6 Å². The zero-order chi connectivity index (χ0) is 20.3. The van der Waals surface area contributed by atoms with Crippen LogP contribution in [0.25, 0.3) is 0 Å². The Labute approximate surface area is 176 Å². The largest absolute Gasteiger partial charge is 0.379 e. The predicted octanol–water partition coefficient (Wildman–Crippen LogP) is 4.53. The average Bonchev–Trinajstić information content (AvgIpc) is 3.16. The van der Waals surface area contributed by atoms with Gasteiger partial charge in [-0.2, -0.15) is 0 Å². The van der Waals surface area contributed by atoms with Crippen LogP contribution in [0.15, 0.2) is 53.7 Å². The minimum Gasteiger partial charge on any atom is -0.379 e. The highest BCUT2D eigenvalue weighted by molar-refractivity contribution is 6.34. The van der Waals surface area contributed by atoms with Crippen molar-refractivity contribution in [3.63, 3.8) is 0 Å². The molecule has 6 heteroatoms. The van der Waals surface area contributed by atoms with Crippen LogP contribution in [-0.4, -0.2) is 30.3 Å². The molecule has 0 spiro atoms. The summed E-state index contributed by atoms with van der Waals surface area (Å²) < 4.78 is 0. The van der Waals surface area contributed by atoms with Crippen molar-refractivity contribution in [3.05, 3.63) is 64.7 Å². The first-order chi connectivity index (χ1) is 14.0. The van der Waals surface area contributed by atoms with Gasteiger partial charge in [0.1, 0.15) is 0 Å². The molecule has 29 heavy (non-hydrogen) atoms. The lowest BCUT2D eigenvalue weighted by atomic mass is 9.95. The monoisotopic (exact) mass is 411 g/mol. The molecule has 2 aromatic rings. The molecule has 2 aliphatic rings. The molecule has 2 heterocycles. The number of rotatable bonds is 5. The summed E-state index contributed by atoms with van der Waals surface area (Å²) in [6, 6.07) is 15.9. The molecule has 1 fully saturated rings. The van der Waals surface area contributed by atoms with Gasteiger partial charge in [-0.05, 0) is 49.9 Å². The lowest BCUT2D eigenvalue weighted by Crippen LogP contribution is -2.44. The Morgan fingerprint density at radius 1 is 1.14 bits per heavy atom. The second-order valence-electron chi connectivity index (χ2n) is 7.91. The first-order valence-electron chi connectivity index (χ1n) is 10.2. The van der Waals surface area contributed by atoms with Gasteiger partial charge in [-0.3, -0.25) is 4.79 Å². The summed E-state index contributed by atoms with van der Waals surface area (Å²) in [6.07, 6.45) is 4.23. The highest BCUT2D eigenvalue weighted by Gasteiger charge is 2.42. The van der Waals surface area contributed by atoms with E-state index in [0.717, 1.165) is 24.2 Å². The summed E-state index contributed by atoms with van der Waals surface area (Å²) in [4.78, 5) is 20.7. The van der Waals surface area contributed by atoms with Crippen LogP contribution in [0.4, 0.5) is 5.69 Å². The third kappa shape index (κ3) is 4.40. The van der Waals surface area contributed by atoms with Crippen LogP contribution in [0.5, 0.6) is 0 Å².